The molecule has 0 spiro atoms. The summed E-state index contributed by atoms with van der Waals surface area (Å²) >= 11 is 0. The Labute approximate surface area is 198 Å². The van der Waals surface area contributed by atoms with Crippen LogP contribution in [0.3, 0.4) is 0 Å². The quantitative estimate of drug-likeness (QED) is 0.357. The highest BCUT2D eigenvalue weighted by atomic mass is 19.4. The van der Waals surface area contributed by atoms with Gasteiger partial charge in [0.2, 0.25) is 11.7 Å². The standard InChI is InChI=1S/C24H23F3N6O2/c25-24(26,27)20(34)19-15-33(22-18(19)5-2-9-29-22)11-3-10-32-12-6-16(7-13-32)23-30-21(31-35-23)17-4-1-8-28-14-17/h1-2,4-5,8-9,14-16H,3,6-7,10-13H2. The summed E-state index contributed by atoms with van der Waals surface area (Å²) in [6, 6.07) is 6.74. The molecule has 1 aliphatic rings. The van der Waals surface area contributed by atoms with Crippen molar-refractivity contribution in [3.63, 3.8) is 0 Å². The normalized spacial score (nSPS) is 15.6. The number of pyridine rings is 2. The fourth-order valence-electron chi connectivity index (χ4n) is 4.51. The Morgan fingerprint density at radius 2 is 1.91 bits per heavy atom. The van der Waals surface area contributed by atoms with Gasteiger partial charge in [0.15, 0.2) is 0 Å². The fraction of sp³-hybridized carbons (Fsp3) is 0.375. The Morgan fingerprint density at radius 3 is 2.66 bits per heavy atom. The van der Waals surface area contributed by atoms with Crippen molar-refractivity contribution < 1.29 is 22.5 Å². The predicted octanol–water partition coefficient (Wildman–Crippen LogP) is 4.50. The van der Waals surface area contributed by atoms with Crippen LogP contribution in [0.15, 0.2) is 53.6 Å². The van der Waals surface area contributed by atoms with Crippen LogP contribution in [0.2, 0.25) is 0 Å². The van der Waals surface area contributed by atoms with Crippen molar-refractivity contribution in [2.24, 2.45) is 0 Å². The molecule has 35 heavy (non-hydrogen) atoms. The monoisotopic (exact) mass is 484 g/mol. The van der Waals surface area contributed by atoms with Crippen molar-refractivity contribution in [3.05, 3.63) is 60.5 Å². The molecule has 0 atom stereocenters. The third-order valence-electron chi connectivity index (χ3n) is 6.31. The lowest BCUT2D eigenvalue weighted by Crippen LogP contribution is -2.34. The number of halogens is 3. The second-order valence-corrected chi connectivity index (χ2v) is 8.61. The Kier molecular flexibility index (Phi) is 6.33. The van der Waals surface area contributed by atoms with Crippen LogP contribution in [0.4, 0.5) is 13.2 Å². The number of carbonyl (C=O) groups is 1. The Morgan fingerprint density at radius 1 is 1.11 bits per heavy atom. The van der Waals surface area contributed by atoms with E-state index in [1.54, 1.807) is 17.0 Å². The number of ketones is 1. The summed E-state index contributed by atoms with van der Waals surface area (Å²) in [5, 5.41) is 4.30. The number of carbonyl (C=O) groups excluding carboxylic acids is 1. The van der Waals surface area contributed by atoms with Gasteiger partial charge >= 0.3 is 6.18 Å². The van der Waals surface area contributed by atoms with Crippen molar-refractivity contribution in [1.82, 2.24) is 29.6 Å². The lowest BCUT2D eigenvalue weighted by Gasteiger charge is -2.30. The zero-order valence-corrected chi connectivity index (χ0v) is 18.8. The topological polar surface area (TPSA) is 89.9 Å². The second kappa shape index (κ2) is 9.57. The number of piperidine rings is 1. The van der Waals surface area contributed by atoms with Crippen LogP contribution in [0.25, 0.3) is 22.4 Å². The van der Waals surface area contributed by atoms with E-state index in [0.717, 1.165) is 44.5 Å². The smallest absolute Gasteiger partial charge is 0.339 e. The highest BCUT2D eigenvalue weighted by molar-refractivity contribution is 6.10. The van der Waals surface area contributed by atoms with Gasteiger partial charge in [0.1, 0.15) is 5.65 Å². The van der Waals surface area contributed by atoms with Gasteiger partial charge in [-0.05, 0) is 63.2 Å². The summed E-state index contributed by atoms with van der Waals surface area (Å²) in [7, 11) is 0. The van der Waals surface area contributed by atoms with Gasteiger partial charge in [-0.2, -0.15) is 18.2 Å². The molecule has 0 amide bonds. The highest BCUT2D eigenvalue weighted by Crippen LogP contribution is 2.30. The molecule has 1 saturated heterocycles. The molecule has 182 valence electrons. The first-order chi connectivity index (χ1) is 16.9. The van der Waals surface area contributed by atoms with Crippen molar-refractivity contribution >= 4 is 16.8 Å². The lowest BCUT2D eigenvalue weighted by atomic mass is 9.96. The number of aryl methyl sites for hydroxylation is 1. The molecule has 5 heterocycles. The van der Waals surface area contributed by atoms with Crippen LogP contribution >= 0.6 is 0 Å². The highest BCUT2D eigenvalue weighted by Gasteiger charge is 2.41. The maximum absolute atomic E-state index is 13.0. The number of hydrogen-bond donors (Lipinski definition) is 0. The average molecular weight is 484 g/mol. The van der Waals surface area contributed by atoms with Gasteiger partial charge < -0.3 is 14.0 Å². The Hall–Kier alpha value is -3.60. The fourth-order valence-corrected chi connectivity index (χ4v) is 4.51. The maximum atomic E-state index is 13.0. The van der Waals surface area contributed by atoms with Gasteiger partial charge in [0.25, 0.3) is 5.78 Å². The van der Waals surface area contributed by atoms with Crippen LogP contribution in [-0.2, 0) is 6.54 Å². The number of rotatable bonds is 7. The average Bonchev–Trinajstić information content (AvgIpc) is 3.50. The first-order valence-electron chi connectivity index (χ1n) is 11.4. The van der Waals surface area contributed by atoms with Gasteiger partial charge in [-0.1, -0.05) is 5.16 Å². The molecule has 0 aliphatic carbocycles. The van der Waals surface area contributed by atoms with E-state index in [9.17, 15) is 18.0 Å². The van der Waals surface area contributed by atoms with Gasteiger partial charge in [-0.25, -0.2) is 4.98 Å². The van der Waals surface area contributed by atoms with E-state index in [1.807, 2.05) is 12.1 Å². The first kappa shape index (κ1) is 23.2. The van der Waals surface area contributed by atoms with E-state index in [2.05, 4.69) is 25.0 Å². The number of Topliss-reactive ketones (excluding diaryl/α,β-unsaturated/α-hetero) is 1. The number of fused-ring (bicyclic) bond motifs is 1. The summed E-state index contributed by atoms with van der Waals surface area (Å²) < 4.78 is 46.1. The van der Waals surface area contributed by atoms with Crippen molar-refractivity contribution in [3.8, 4) is 11.4 Å². The first-order valence-corrected chi connectivity index (χ1v) is 11.4. The molecule has 0 unspecified atom stereocenters. The van der Waals surface area contributed by atoms with E-state index in [0.29, 0.717) is 23.9 Å². The van der Waals surface area contributed by atoms with E-state index in [-0.39, 0.29) is 16.9 Å². The minimum atomic E-state index is -4.92. The molecule has 0 radical (unpaired) electrons. The molecule has 11 heteroatoms. The third kappa shape index (κ3) is 4.95. The Bertz CT molecular complexity index is 1310. The molecule has 1 fully saturated rings. The van der Waals surface area contributed by atoms with Crippen LogP contribution in [0.5, 0.6) is 0 Å². The molecule has 0 bridgehead atoms. The zero-order chi connectivity index (χ0) is 24.4. The van der Waals surface area contributed by atoms with Crippen LogP contribution < -0.4 is 0 Å². The van der Waals surface area contributed by atoms with Gasteiger partial charge in [0, 0.05) is 48.2 Å². The van der Waals surface area contributed by atoms with Gasteiger partial charge in [-0.15, -0.1) is 0 Å². The van der Waals surface area contributed by atoms with Crippen LogP contribution in [0, 0.1) is 0 Å². The molecule has 4 aromatic rings. The minimum absolute atomic E-state index is 0.192. The molecule has 8 nitrogen and oxygen atoms in total. The van der Waals surface area contributed by atoms with E-state index in [4.69, 9.17) is 4.52 Å². The number of alkyl halides is 3. The van der Waals surface area contributed by atoms with Crippen LogP contribution in [-0.4, -0.2) is 61.2 Å². The minimum Gasteiger partial charge on any atom is -0.339 e. The van der Waals surface area contributed by atoms with Crippen LogP contribution in [0.1, 0.15) is 41.4 Å². The van der Waals surface area contributed by atoms with E-state index in [1.165, 1.54) is 24.5 Å². The summed E-state index contributed by atoms with van der Waals surface area (Å²) in [5.74, 6) is -0.483. The molecular weight excluding hydrogens is 461 g/mol. The number of hydrogen-bond acceptors (Lipinski definition) is 7. The largest absolute Gasteiger partial charge is 0.454 e. The van der Waals surface area contributed by atoms with E-state index < -0.39 is 12.0 Å². The van der Waals surface area contributed by atoms with Crippen molar-refractivity contribution in [2.45, 2.75) is 37.9 Å². The maximum Gasteiger partial charge on any atom is 0.454 e. The van der Waals surface area contributed by atoms with Gasteiger partial charge in [-0.3, -0.25) is 9.78 Å². The SMILES string of the molecule is O=C(c1cn(CCCN2CCC(c3nc(-c4cccnc4)no3)CC2)c2ncccc12)C(F)(F)F. The van der Waals surface area contributed by atoms with E-state index >= 15 is 0 Å². The lowest BCUT2D eigenvalue weighted by molar-refractivity contribution is -0.0884. The molecule has 4 aromatic heterocycles. The second-order valence-electron chi connectivity index (χ2n) is 8.61. The number of aromatic nitrogens is 5. The molecule has 0 saturated carbocycles. The van der Waals surface area contributed by atoms with Gasteiger partial charge in [0.05, 0.1) is 5.56 Å². The Balaban J connectivity index is 1.16. The predicted molar refractivity (Wildman–Crippen MR) is 121 cm³/mol. The molecular formula is C24H23F3N6O2. The van der Waals surface area contributed by atoms with Crippen molar-refractivity contribution in [2.75, 3.05) is 19.6 Å². The molecule has 1 aliphatic heterocycles. The molecule has 0 N–H and O–H groups in total. The molecule has 5 rings (SSSR count). The summed E-state index contributed by atoms with van der Waals surface area (Å²) in [6.45, 7) is 2.97. The summed E-state index contributed by atoms with van der Waals surface area (Å²) in [4.78, 5) is 27.0. The number of nitrogens with zero attached hydrogens (tertiary/aromatic N) is 6. The molecule has 0 aromatic carbocycles. The zero-order valence-electron chi connectivity index (χ0n) is 18.8. The summed E-state index contributed by atoms with van der Waals surface area (Å²) in [6.07, 6.45) is 3.74. The third-order valence-corrected chi connectivity index (χ3v) is 6.31. The number of likely N-dealkylation sites (tertiary alicyclic amines) is 1. The summed E-state index contributed by atoms with van der Waals surface area (Å²) in [5.41, 5.74) is 0.846. The van der Waals surface area contributed by atoms with Crippen molar-refractivity contribution in [1.29, 1.82) is 0 Å².